The second-order valence-corrected chi connectivity index (χ2v) is 5.28. The number of hydrogen-bond acceptors (Lipinski definition) is 2. The number of carbonyl (C=O) groups excluding carboxylic acids is 1. The summed E-state index contributed by atoms with van der Waals surface area (Å²) < 4.78 is 19.5. The topological polar surface area (TPSA) is 83.6 Å². The van der Waals surface area contributed by atoms with Crippen molar-refractivity contribution >= 4 is 22.8 Å². The molecule has 1 atom stereocenters. The lowest BCUT2D eigenvalue weighted by atomic mass is 9.99. The predicted octanol–water partition coefficient (Wildman–Crippen LogP) is 1.58. The molecule has 0 saturated carbocycles. The van der Waals surface area contributed by atoms with Gasteiger partial charge in [-0.1, -0.05) is 0 Å². The van der Waals surface area contributed by atoms with E-state index in [9.17, 15) is 9.00 Å². The third-order valence-corrected chi connectivity index (χ3v) is 3.48. The van der Waals surface area contributed by atoms with Crippen LogP contribution in [0.4, 0.5) is 10.5 Å². The number of anilines is 1. The molecular formula is C12H18N2O3S. The van der Waals surface area contributed by atoms with Gasteiger partial charge in [-0.3, -0.25) is 4.90 Å². The average Bonchev–Trinajstić information content (AvgIpc) is 2.26. The molecule has 1 unspecified atom stereocenters. The molecule has 1 aromatic rings. The number of amides is 2. The number of nitrogens with two attached hydrogens (primary N) is 1. The van der Waals surface area contributed by atoms with Gasteiger partial charge in [0.25, 0.3) is 0 Å². The average molecular weight is 270 g/mol. The maximum Gasteiger partial charge on any atom is 0.318 e. The summed E-state index contributed by atoms with van der Waals surface area (Å²) in [5.74, 6) is 0.215. The summed E-state index contributed by atoms with van der Waals surface area (Å²) in [5, 5.41) is 0. The number of carbonyl (C=O) groups is 1. The van der Waals surface area contributed by atoms with Crippen molar-refractivity contribution in [3.63, 3.8) is 0 Å². The lowest BCUT2D eigenvalue weighted by Crippen LogP contribution is -2.31. The summed E-state index contributed by atoms with van der Waals surface area (Å²) in [7, 11) is 1.61. The monoisotopic (exact) mass is 270 g/mol. The maximum absolute atomic E-state index is 11.1. The first-order valence-electron chi connectivity index (χ1n) is 5.53. The standard InChI is InChI=1S/C12H18N2O3S/c1-8-6-10(14(3)12(13)15)7-9(2)11(8)4-5-18(16)17/h6-7H,4-5H2,1-3H3,(H2,13,15)(H,16,17). The van der Waals surface area contributed by atoms with Crippen molar-refractivity contribution in [1.82, 2.24) is 0 Å². The SMILES string of the molecule is Cc1cc(N(C)C(N)=O)cc(C)c1CCS(=O)O. The Morgan fingerprint density at radius 3 is 2.28 bits per heavy atom. The van der Waals surface area contributed by atoms with Crippen molar-refractivity contribution in [2.75, 3.05) is 17.7 Å². The molecular weight excluding hydrogens is 252 g/mol. The van der Waals surface area contributed by atoms with Crippen LogP contribution >= 0.6 is 0 Å². The van der Waals surface area contributed by atoms with Gasteiger partial charge in [0.15, 0.2) is 11.1 Å². The Bertz CT molecular complexity index is 465. The molecule has 18 heavy (non-hydrogen) atoms. The second-order valence-electron chi connectivity index (χ2n) is 4.23. The van der Waals surface area contributed by atoms with Crippen LogP contribution in [0, 0.1) is 13.8 Å². The van der Waals surface area contributed by atoms with E-state index in [1.54, 1.807) is 7.05 Å². The number of rotatable bonds is 4. The zero-order chi connectivity index (χ0) is 13.9. The van der Waals surface area contributed by atoms with Crippen LogP contribution in [-0.2, 0) is 17.5 Å². The van der Waals surface area contributed by atoms with Crippen molar-refractivity contribution < 1.29 is 13.6 Å². The molecule has 100 valence electrons. The number of benzene rings is 1. The zero-order valence-corrected chi connectivity index (χ0v) is 11.6. The molecule has 0 aliphatic heterocycles. The fraction of sp³-hybridized carbons (Fsp3) is 0.417. The Labute approximate surface area is 109 Å². The molecule has 0 aliphatic rings. The minimum Gasteiger partial charge on any atom is -0.351 e. The number of primary amides is 1. The maximum atomic E-state index is 11.1. The lowest BCUT2D eigenvalue weighted by molar-refractivity contribution is 0.255. The van der Waals surface area contributed by atoms with Crippen LogP contribution in [0.25, 0.3) is 0 Å². The van der Waals surface area contributed by atoms with Crippen LogP contribution in [0.15, 0.2) is 12.1 Å². The number of urea groups is 1. The van der Waals surface area contributed by atoms with Gasteiger partial charge in [-0.25, -0.2) is 9.00 Å². The van der Waals surface area contributed by atoms with Gasteiger partial charge in [-0.05, 0) is 49.1 Å². The first-order chi connectivity index (χ1) is 8.32. The molecule has 0 radical (unpaired) electrons. The predicted molar refractivity (Wildman–Crippen MR) is 73.2 cm³/mol. The van der Waals surface area contributed by atoms with Crippen LogP contribution < -0.4 is 10.6 Å². The quantitative estimate of drug-likeness (QED) is 0.815. The molecule has 0 fully saturated rings. The van der Waals surface area contributed by atoms with Crippen LogP contribution in [0.1, 0.15) is 16.7 Å². The summed E-state index contributed by atoms with van der Waals surface area (Å²) in [4.78, 5) is 12.5. The van der Waals surface area contributed by atoms with Gasteiger partial charge in [0.2, 0.25) is 0 Å². The molecule has 6 heteroatoms. The van der Waals surface area contributed by atoms with Gasteiger partial charge in [0.05, 0.1) is 5.75 Å². The second kappa shape index (κ2) is 5.97. The van der Waals surface area contributed by atoms with E-state index < -0.39 is 17.1 Å². The zero-order valence-electron chi connectivity index (χ0n) is 10.8. The Hall–Kier alpha value is -1.40. The highest BCUT2D eigenvalue weighted by atomic mass is 32.2. The van der Waals surface area contributed by atoms with E-state index in [1.165, 1.54) is 4.90 Å². The van der Waals surface area contributed by atoms with E-state index >= 15 is 0 Å². The molecule has 2 amide bonds. The molecule has 0 spiro atoms. The van der Waals surface area contributed by atoms with E-state index in [1.807, 2.05) is 26.0 Å². The van der Waals surface area contributed by atoms with Crippen molar-refractivity contribution in [3.05, 3.63) is 28.8 Å². The highest BCUT2D eigenvalue weighted by molar-refractivity contribution is 7.79. The largest absolute Gasteiger partial charge is 0.351 e. The summed E-state index contributed by atoms with van der Waals surface area (Å²) in [6, 6.07) is 3.19. The van der Waals surface area contributed by atoms with Gasteiger partial charge in [0.1, 0.15) is 0 Å². The van der Waals surface area contributed by atoms with Gasteiger partial charge in [-0.15, -0.1) is 0 Å². The normalized spacial score (nSPS) is 12.2. The summed E-state index contributed by atoms with van der Waals surface area (Å²) in [6.45, 7) is 3.84. The molecule has 5 nitrogen and oxygen atoms in total. The van der Waals surface area contributed by atoms with Crippen molar-refractivity contribution in [3.8, 4) is 0 Å². The molecule has 0 heterocycles. The third kappa shape index (κ3) is 3.54. The van der Waals surface area contributed by atoms with Crippen LogP contribution in [0.2, 0.25) is 0 Å². The van der Waals surface area contributed by atoms with Gasteiger partial charge < -0.3 is 10.3 Å². The molecule has 0 saturated heterocycles. The van der Waals surface area contributed by atoms with E-state index in [2.05, 4.69) is 0 Å². The van der Waals surface area contributed by atoms with Crippen LogP contribution in [0.5, 0.6) is 0 Å². The first-order valence-corrected chi connectivity index (χ1v) is 6.81. The lowest BCUT2D eigenvalue weighted by Gasteiger charge is -2.18. The minimum atomic E-state index is -1.79. The van der Waals surface area contributed by atoms with Crippen molar-refractivity contribution in [1.29, 1.82) is 0 Å². The molecule has 1 aromatic carbocycles. The Balaban J connectivity index is 3.04. The van der Waals surface area contributed by atoms with E-state index in [-0.39, 0.29) is 5.75 Å². The van der Waals surface area contributed by atoms with Crippen LogP contribution in [-0.4, -0.2) is 27.6 Å². The number of nitrogens with zero attached hydrogens (tertiary/aromatic N) is 1. The Kier molecular flexibility index (Phi) is 4.86. The molecule has 3 N–H and O–H groups in total. The van der Waals surface area contributed by atoms with Crippen LogP contribution in [0.3, 0.4) is 0 Å². The van der Waals surface area contributed by atoms with Gasteiger partial charge >= 0.3 is 6.03 Å². The highest BCUT2D eigenvalue weighted by Gasteiger charge is 2.11. The number of aryl methyl sites for hydroxylation is 2. The van der Waals surface area contributed by atoms with E-state index in [0.29, 0.717) is 6.42 Å². The van der Waals surface area contributed by atoms with Gasteiger partial charge in [0, 0.05) is 12.7 Å². The Morgan fingerprint density at radius 1 is 1.39 bits per heavy atom. The summed E-state index contributed by atoms with van der Waals surface area (Å²) in [5.41, 5.74) is 8.97. The summed E-state index contributed by atoms with van der Waals surface area (Å²) in [6.07, 6.45) is 0.543. The van der Waals surface area contributed by atoms with E-state index in [0.717, 1.165) is 22.4 Å². The summed E-state index contributed by atoms with van der Waals surface area (Å²) >= 11 is -1.79. The molecule has 0 bridgehead atoms. The first kappa shape index (κ1) is 14.7. The third-order valence-electron chi connectivity index (χ3n) is 2.93. The molecule has 0 aromatic heterocycles. The van der Waals surface area contributed by atoms with Crippen molar-refractivity contribution in [2.24, 2.45) is 5.73 Å². The number of hydrogen-bond donors (Lipinski definition) is 2. The van der Waals surface area contributed by atoms with Gasteiger partial charge in [-0.2, -0.15) is 0 Å². The molecule has 1 rings (SSSR count). The highest BCUT2D eigenvalue weighted by Crippen LogP contribution is 2.23. The smallest absolute Gasteiger partial charge is 0.318 e. The van der Waals surface area contributed by atoms with E-state index in [4.69, 9.17) is 10.3 Å². The minimum absolute atomic E-state index is 0.215. The van der Waals surface area contributed by atoms with Crippen molar-refractivity contribution in [2.45, 2.75) is 20.3 Å². The molecule has 0 aliphatic carbocycles. The fourth-order valence-corrected chi connectivity index (χ4v) is 2.25. The Morgan fingerprint density at radius 2 is 1.89 bits per heavy atom. The fourth-order valence-electron chi connectivity index (χ4n) is 1.88.